The minimum atomic E-state index is 0.343. The number of likely N-dealkylation sites (N-methyl/N-ethyl adjacent to an activating group) is 1. The molecule has 0 radical (unpaired) electrons. The van der Waals surface area contributed by atoms with Gasteiger partial charge >= 0.3 is 0 Å². The van der Waals surface area contributed by atoms with Gasteiger partial charge in [-0.05, 0) is 40.8 Å². The van der Waals surface area contributed by atoms with Crippen molar-refractivity contribution in [2.45, 2.75) is 46.3 Å². The maximum absolute atomic E-state index is 5.63. The highest BCUT2D eigenvalue weighted by molar-refractivity contribution is 4.58. The highest BCUT2D eigenvalue weighted by atomic mass is 16.5. The van der Waals surface area contributed by atoms with E-state index in [0.29, 0.717) is 12.2 Å². The van der Waals surface area contributed by atoms with Crippen LogP contribution in [0.3, 0.4) is 0 Å². The van der Waals surface area contributed by atoms with E-state index in [9.17, 15) is 0 Å². The molecule has 0 aliphatic heterocycles. The van der Waals surface area contributed by atoms with Crippen molar-refractivity contribution in [3.8, 4) is 0 Å². The number of rotatable bonds is 6. The molecular weight excluding hydrogens is 150 g/mol. The smallest absolute Gasteiger partial charge is 0.0677 e. The molecule has 0 aromatic heterocycles. The Labute approximate surface area is 76.9 Å². The van der Waals surface area contributed by atoms with Crippen LogP contribution in [0.2, 0.25) is 0 Å². The maximum atomic E-state index is 5.63. The van der Waals surface area contributed by atoms with Crippen molar-refractivity contribution in [2.24, 2.45) is 0 Å². The quantitative estimate of drug-likeness (QED) is 0.610. The van der Waals surface area contributed by atoms with Crippen LogP contribution in [0.1, 0.15) is 34.1 Å². The first kappa shape index (κ1) is 11.9. The summed E-state index contributed by atoms with van der Waals surface area (Å²) in [6, 6.07) is 0. The van der Waals surface area contributed by atoms with Crippen LogP contribution < -0.4 is 0 Å². The van der Waals surface area contributed by atoms with Gasteiger partial charge < -0.3 is 9.64 Å². The largest absolute Gasteiger partial charge is 0.375 e. The monoisotopic (exact) mass is 173 g/mol. The average Bonchev–Trinajstić information content (AvgIpc) is 1.84. The predicted octanol–water partition coefficient (Wildman–Crippen LogP) is 2.14. The van der Waals surface area contributed by atoms with Gasteiger partial charge in [0.05, 0.1) is 12.2 Å². The van der Waals surface area contributed by atoms with Crippen molar-refractivity contribution >= 4 is 0 Å². The molecule has 0 spiro atoms. The Morgan fingerprint density at radius 3 is 2.25 bits per heavy atom. The van der Waals surface area contributed by atoms with E-state index in [-0.39, 0.29) is 0 Å². The Balaban J connectivity index is 3.46. The first-order chi connectivity index (χ1) is 5.56. The fourth-order valence-electron chi connectivity index (χ4n) is 1.42. The molecule has 2 heteroatoms. The molecule has 12 heavy (non-hydrogen) atoms. The Bertz CT molecular complexity index is 104. The van der Waals surface area contributed by atoms with Crippen LogP contribution in [0.25, 0.3) is 0 Å². The molecule has 1 atom stereocenters. The second-order valence-corrected chi connectivity index (χ2v) is 3.76. The van der Waals surface area contributed by atoms with Crippen molar-refractivity contribution in [1.29, 1.82) is 0 Å². The summed E-state index contributed by atoms with van der Waals surface area (Å²) >= 11 is 0. The fraction of sp³-hybridized carbons (Fsp3) is 1.00. The van der Waals surface area contributed by atoms with Gasteiger partial charge in [-0.15, -0.1) is 0 Å². The van der Waals surface area contributed by atoms with Gasteiger partial charge in [0.2, 0.25) is 0 Å². The Morgan fingerprint density at radius 2 is 1.83 bits per heavy atom. The van der Waals surface area contributed by atoms with Gasteiger partial charge in [-0.25, -0.2) is 0 Å². The molecule has 0 aromatic carbocycles. The van der Waals surface area contributed by atoms with Crippen LogP contribution in [0, 0.1) is 0 Å². The summed E-state index contributed by atoms with van der Waals surface area (Å²) in [5, 5.41) is 0. The maximum Gasteiger partial charge on any atom is 0.0677 e. The second-order valence-electron chi connectivity index (χ2n) is 3.76. The lowest BCUT2D eigenvalue weighted by atomic mass is 10.3. The summed E-state index contributed by atoms with van der Waals surface area (Å²) in [4.78, 5) is 2.31. The molecule has 0 amide bonds. The van der Waals surface area contributed by atoms with E-state index in [4.69, 9.17) is 4.74 Å². The zero-order valence-electron chi connectivity index (χ0n) is 9.13. The lowest BCUT2D eigenvalue weighted by Crippen LogP contribution is -2.31. The number of hydrogen-bond acceptors (Lipinski definition) is 2. The van der Waals surface area contributed by atoms with E-state index in [2.05, 4.69) is 39.6 Å². The van der Waals surface area contributed by atoms with Crippen molar-refractivity contribution in [1.82, 2.24) is 4.90 Å². The third kappa shape index (κ3) is 6.62. The zero-order valence-corrected chi connectivity index (χ0v) is 9.13. The fourth-order valence-corrected chi connectivity index (χ4v) is 1.42. The normalized spacial score (nSPS) is 14.2. The first-order valence-corrected chi connectivity index (χ1v) is 4.90. The summed E-state index contributed by atoms with van der Waals surface area (Å²) in [6.45, 7) is 10.7. The molecule has 0 aromatic rings. The topological polar surface area (TPSA) is 12.5 Å². The summed E-state index contributed by atoms with van der Waals surface area (Å²) in [5.74, 6) is 0. The van der Waals surface area contributed by atoms with Crippen LogP contribution >= 0.6 is 0 Å². The lowest BCUT2D eigenvalue weighted by Gasteiger charge is -2.22. The molecule has 0 aliphatic rings. The summed E-state index contributed by atoms with van der Waals surface area (Å²) in [6.07, 6.45) is 1.90. The zero-order chi connectivity index (χ0) is 9.56. The van der Waals surface area contributed by atoms with Crippen LogP contribution in [-0.4, -0.2) is 37.2 Å². The molecule has 0 aliphatic carbocycles. The highest BCUT2D eigenvalue weighted by Crippen LogP contribution is 1.99. The molecule has 0 saturated heterocycles. The number of ether oxygens (including phenoxy) is 1. The van der Waals surface area contributed by atoms with Crippen molar-refractivity contribution < 1.29 is 4.74 Å². The highest BCUT2D eigenvalue weighted by Gasteiger charge is 2.06. The Morgan fingerprint density at radius 1 is 1.25 bits per heavy atom. The molecule has 2 nitrogen and oxygen atoms in total. The van der Waals surface area contributed by atoms with E-state index in [1.165, 1.54) is 6.42 Å². The third-order valence-corrected chi connectivity index (χ3v) is 1.68. The molecule has 0 N–H and O–H groups in total. The number of nitrogens with zero attached hydrogens (tertiary/aromatic N) is 1. The van der Waals surface area contributed by atoms with Crippen molar-refractivity contribution in [3.05, 3.63) is 0 Å². The molecule has 0 unspecified atom stereocenters. The molecule has 0 fully saturated rings. The van der Waals surface area contributed by atoms with Crippen LogP contribution in [-0.2, 0) is 4.74 Å². The minimum absolute atomic E-state index is 0.343. The van der Waals surface area contributed by atoms with Crippen molar-refractivity contribution in [2.75, 3.05) is 20.1 Å². The predicted molar refractivity (Wildman–Crippen MR) is 53.5 cm³/mol. The third-order valence-electron chi connectivity index (χ3n) is 1.68. The molecule has 0 saturated carbocycles. The summed E-state index contributed by atoms with van der Waals surface area (Å²) < 4.78 is 5.63. The minimum Gasteiger partial charge on any atom is -0.375 e. The van der Waals surface area contributed by atoms with Gasteiger partial charge in [0.25, 0.3) is 0 Å². The Kier molecular flexibility index (Phi) is 6.39. The SMILES string of the molecule is CCCN(C)C[C@H](C)OC(C)C. The van der Waals surface area contributed by atoms with Crippen LogP contribution in [0.15, 0.2) is 0 Å². The van der Waals surface area contributed by atoms with E-state index < -0.39 is 0 Å². The van der Waals surface area contributed by atoms with Gasteiger partial charge in [-0.1, -0.05) is 6.92 Å². The first-order valence-electron chi connectivity index (χ1n) is 4.90. The van der Waals surface area contributed by atoms with Crippen molar-refractivity contribution in [3.63, 3.8) is 0 Å². The molecule has 0 rings (SSSR count). The molecule has 74 valence electrons. The Hall–Kier alpha value is -0.0800. The van der Waals surface area contributed by atoms with E-state index >= 15 is 0 Å². The molecule has 0 bridgehead atoms. The lowest BCUT2D eigenvalue weighted by molar-refractivity contribution is 0.00275. The van der Waals surface area contributed by atoms with E-state index in [1.807, 2.05) is 0 Å². The van der Waals surface area contributed by atoms with Gasteiger partial charge in [0, 0.05) is 6.54 Å². The standard InChI is InChI=1S/C10H23NO/c1-6-7-11(5)8-10(4)12-9(2)3/h9-10H,6-8H2,1-5H3/t10-/m0/s1. The summed E-state index contributed by atoms with van der Waals surface area (Å²) in [5.41, 5.74) is 0. The number of hydrogen-bond donors (Lipinski definition) is 0. The van der Waals surface area contributed by atoms with Gasteiger partial charge in [0.15, 0.2) is 0 Å². The van der Waals surface area contributed by atoms with Gasteiger partial charge in [-0.2, -0.15) is 0 Å². The van der Waals surface area contributed by atoms with Crippen LogP contribution in [0.5, 0.6) is 0 Å². The summed E-state index contributed by atoms with van der Waals surface area (Å²) in [7, 11) is 2.14. The molecule has 0 heterocycles. The van der Waals surface area contributed by atoms with Gasteiger partial charge in [-0.3, -0.25) is 0 Å². The molecular formula is C10H23NO. The van der Waals surface area contributed by atoms with E-state index in [0.717, 1.165) is 13.1 Å². The second kappa shape index (κ2) is 6.44. The average molecular weight is 173 g/mol. The van der Waals surface area contributed by atoms with Crippen LogP contribution in [0.4, 0.5) is 0 Å². The van der Waals surface area contributed by atoms with E-state index in [1.54, 1.807) is 0 Å². The van der Waals surface area contributed by atoms with Gasteiger partial charge in [0.1, 0.15) is 0 Å².